The van der Waals surface area contributed by atoms with E-state index in [0.29, 0.717) is 71.0 Å². The number of aliphatic carboxylic acids is 1. The summed E-state index contributed by atoms with van der Waals surface area (Å²) in [6, 6.07) is -3.35. The van der Waals surface area contributed by atoms with Gasteiger partial charge in [-0.15, -0.1) is 0 Å². The molecule has 0 spiro atoms. The highest BCUT2D eigenvalue weighted by molar-refractivity contribution is 7.98. The van der Waals surface area contributed by atoms with Crippen molar-refractivity contribution < 1.29 is 24.3 Å². The number of unbranched alkanes of at least 4 members (excludes halogenated alkanes) is 2. The Labute approximate surface area is 206 Å². The van der Waals surface area contributed by atoms with Crippen molar-refractivity contribution in [3.63, 3.8) is 0 Å². The van der Waals surface area contributed by atoms with Crippen LogP contribution in [0.3, 0.4) is 0 Å². The molecule has 1 saturated heterocycles. The largest absolute Gasteiger partial charge is 0.480 e. The van der Waals surface area contributed by atoms with Gasteiger partial charge in [0.2, 0.25) is 17.7 Å². The average molecular weight is 503 g/mol. The van der Waals surface area contributed by atoms with Crippen LogP contribution in [0.15, 0.2) is 0 Å². The molecule has 1 aliphatic rings. The molecule has 0 saturated carbocycles. The highest BCUT2D eigenvalue weighted by atomic mass is 32.2. The van der Waals surface area contributed by atoms with E-state index in [4.69, 9.17) is 17.2 Å². The third kappa shape index (κ3) is 10.2. The van der Waals surface area contributed by atoms with E-state index >= 15 is 0 Å². The number of nitrogens with zero attached hydrogens (tertiary/aromatic N) is 1. The van der Waals surface area contributed by atoms with Crippen molar-refractivity contribution in [2.75, 3.05) is 31.6 Å². The lowest BCUT2D eigenvalue weighted by molar-refractivity contribution is -0.143. The van der Waals surface area contributed by atoms with Crippen LogP contribution in [0.2, 0.25) is 0 Å². The summed E-state index contributed by atoms with van der Waals surface area (Å²) in [6.45, 7) is 1.32. The molecule has 0 aromatic rings. The third-order valence-electron chi connectivity index (χ3n) is 5.93. The molecule has 4 atom stereocenters. The second-order valence-corrected chi connectivity index (χ2v) is 9.59. The van der Waals surface area contributed by atoms with E-state index < -0.39 is 42.0 Å². The zero-order valence-corrected chi connectivity index (χ0v) is 21.0. The topological polar surface area (TPSA) is 194 Å². The van der Waals surface area contributed by atoms with Gasteiger partial charge in [-0.2, -0.15) is 11.8 Å². The molecule has 0 aromatic carbocycles. The molecule has 0 radical (unpaired) electrons. The Hall–Kier alpha value is -1.89. The summed E-state index contributed by atoms with van der Waals surface area (Å²) in [5.41, 5.74) is 17.1. The zero-order valence-electron chi connectivity index (χ0n) is 20.2. The molecule has 4 unspecified atom stereocenters. The highest BCUT2D eigenvalue weighted by Gasteiger charge is 2.37. The van der Waals surface area contributed by atoms with Crippen LogP contribution in [-0.2, 0) is 19.2 Å². The Balaban J connectivity index is 2.85. The number of likely N-dealkylation sites (tertiary alicyclic amines) is 1. The van der Waals surface area contributed by atoms with Gasteiger partial charge in [0.1, 0.15) is 18.1 Å². The smallest absolute Gasteiger partial charge is 0.326 e. The lowest BCUT2D eigenvalue weighted by Gasteiger charge is -2.28. The highest BCUT2D eigenvalue weighted by Crippen LogP contribution is 2.20. The second-order valence-electron chi connectivity index (χ2n) is 8.61. The molecule has 12 heteroatoms. The minimum atomic E-state index is -1.13. The van der Waals surface area contributed by atoms with E-state index in [1.54, 1.807) is 11.8 Å². The van der Waals surface area contributed by atoms with Crippen LogP contribution in [0.1, 0.15) is 57.8 Å². The number of thioether (sulfide) groups is 1. The minimum Gasteiger partial charge on any atom is -0.480 e. The van der Waals surface area contributed by atoms with Crippen molar-refractivity contribution >= 4 is 35.5 Å². The van der Waals surface area contributed by atoms with Gasteiger partial charge in [-0.1, -0.05) is 0 Å². The minimum absolute atomic E-state index is 0.251. The van der Waals surface area contributed by atoms with E-state index in [1.807, 2.05) is 6.26 Å². The van der Waals surface area contributed by atoms with Crippen molar-refractivity contribution in [3.8, 4) is 0 Å². The van der Waals surface area contributed by atoms with Gasteiger partial charge in [-0.05, 0) is 82.9 Å². The SMILES string of the molecule is CSCCC(N)C(=O)N1CCCC1C(=O)NC(CCCCN)C(=O)NC(CCCCN)C(=O)O. The van der Waals surface area contributed by atoms with Crippen LogP contribution in [0.25, 0.3) is 0 Å². The quantitative estimate of drug-likeness (QED) is 0.140. The first-order chi connectivity index (χ1) is 16.3. The molecule has 1 aliphatic heterocycles. The third-order valence-corrected chi connectivity index (χ3v) is 6.57. The van der Waals surface area contributed by atoms with Gasteiger partial charge < -0.3 is 37.8 Å². The van der Waals surface area contributed by atoms with Crippen molar-refractivity contribution in [2.24, 2.45) is 17.2 Å². The van der Waals surface area contributed by atoms with Crippen molar-refractivity contribution in [3.05, 3.63) is 0 Å². The molecule has 196 valence electrons. The van der Waals surface area contributed by atoms with Crippen LogP contribution < -0.4 is 27.8 Å². The lowest BCUT2D eigenvalue weighted by Crippen LogP contribution is -2.56. The first-order valence-electron chi connectivity index (χ1n) is 12.0. The number of hydrogen-bond acceptors (Lipinski definition) is 8. The molecule has 34 heavy (non-hydrogen) atoms. The van der Waals surface area contributed by atoms with Crippen LogP contribution in [0.4, 0.5) is 0 Å². The van der Waals surface area contributed by atoms with Crippen LogP contribution in [0.5, 0.6) is 0 Å². The predicted octanol–water partition coefficient (Wildman–Crippen LogP) is -0.630. The molecule has 1 fully saturated rings. The van der Waals surface area contributed by atoms with Gasteiger partial charge in [-0.3, -0.25) is 14.4 Å². The number of carboxylic acids is 1. The van der Waals surface area contributed by atoms with Gasteiger partial charge in [0, 0.05) is 6.54 Å². The molecular formula is C22H42N6O5S. The first-order valence-corrected chi connectivity index (χ1v) is 13.4. The Kier molecular flexibility index (Phi) is 14.8. The molecule has 9 N–H and O–H groups in total. The van der Waals surface area contributed by atoms with Crippen LogP contribution in [0, 0.1) is 0 Å². The van der Waals surface area contributed by atoms with Gasteiger partial charge >= 0.3 is 5.97 Å². The summed E-state index contributed by atoms with van der Waals surface area (Å²) >= 11 is 1.60. The standard InChI is InChI=1S/C22H42N6O5S/c1-34-14-10-15(25)21(31)28-13-6-9-18(28)20(30)26-16(7-2-4-11-23)19(29)27-17(22(32)33)8-3-5-12-24/h15-18H,2-14,23-25H2,1H3,(H,26,30)(H,27,29)(H,32,33). The van der Waals surface area contributed by atoms with E-state index in [1.165, 1.54) is 4.90 Å². The summed E-state index contributed by atoms with van der Waals surface area (Å²) in [5.74, 6) is -1.63. The predicted molar refractivity (Wildman–Crippen MR) is 133 cm³/mol. The number of nitrogens with one attached hydrogen (secondary N) is 2. The number of hydrogen-bond donors (Lipinski definition) is 6. The van der Waals surface area contributed by atoms with Gasteiger partial charge in [0.05, 0.1) is 6.04 Å². The fraction of sp³-hybridized carbons (Fsp3) is 0.818. The number of carbonyl (C=O) groups is 4. The van der Waals surface area contributed by atoms with Gasteiger partial charge in [-0.25, -0.2) is 4.79 Å². The van der Waals surface area contributed by atoms with Crippen molar-refractivity contribution in [1.29, 1.82) is 0 Å². The molecule has 11 nitrogen and oxygen atoms in total. The molecular weight excluding hydrogens is 460 g/mol. The second kappa shape index (κ2) is 16.7. The van der Waals surface area contributed by atoms with Crippen LogP contribution in [-0.4, -0.2) is 89.5 Å². The van der Waals surface area contributed by atoms with Crippen molar-refractivity contribution in [1.82, 2.24) is 15.5 Å². The summed E-state index contributed by atoms with van der Waals surface area (Å²) in [7, 11) is 0. The average Bonchev–Trinajstić information content (AvgIpc) is 3.30. The van der Waals surface area contributed by atoms with Crippen LogP contribution >= 0.6 is 11.8 Å². The Morgan fingerprint density at radius 3 is 2.18 bits per heavy atom. The summed E-state index contributed by atoms with van der Waals surface area (Å²) in [4.78, 5) is 51.9. The van der Waals surface area contributed by atoms with Gasteiger partial charge in [0.25, 0.3) is 0 Å². The maximum Gasteiger partial charge on any atom is 0.326 e. The molecule has 1 heterocycles. The normalized spacial score (nSPS) is 18.2. The number of carboxylic acid groups (broad SMARTS) is 1. The number of carbonyl (C=O) groups excluding carboxylic acids is 3. The molecule has 0 aliphatic carbocycles. The first kappa shape index (κ1) is 30.1. The maximum atomic E-state index is 13.1. The Morgan fingerprint density at radius 2 is 1.62 bits per heavy atom. The monoisotopic (exact) mass is 502 g/mol. The van der Waals surface area contributed by atoms with Crippen molar-refractivity contribution in [2.45, 2.75) is 82.0 Å². The van der Waals surface area contributed by atoms with E-state index in [2.05, 4.69) is 10.6 Å². The number of rotatable bonds is 17. The molecule has 0 aromatic heterocycles. The van der Waals surface area contributed by atoms with E-state index in [0.717, 1.165) is 5.75 Å². The Bertz CT molecular complexity index is 668. The molecule has 0 bridgehead atoms. The van der Waals surface area contributed by atoms with E-state index in [9.17, 15) is 24.3 Å². The van der Waals surface area contributed by atoms with E-state index in [-0.39, 0.29) is 12.3 Å². The Morgan fingerprint density at radius 1 is 1.00 bits per heavy atom. The number of amides is 3. The molecule has 3 amide bonds. The summed E-state index contributed by atoms with van der Waals surface area (Å²) in [5, 5.41) is 14.8. The lowest BCUT2D eigenvalue weighted by atomic mass is 10.0. The summed E-state index contributed by atoms with van der Waals surface area (Å²) in [6.07, 6.45) is 6.66. The fourth-order valence-corrected chi connectivity index (χ4v) is 4.43. The zero-order chi connectivity index (χ0) is 25.5. The fourth-order valence-electron chi connectivity index (χ4n) is 3.94. The molecule has 1 rings (SSSR count). The summed E-state index contributed by atoms with van der Waals surface area (Å²) < 4.78 is 0. The van der Waals surface area contributed by atoms with Gasteiger partial charge in [0.15, 0.2) is 0 Å². The maximum absolute atomic E-state index is 13.1. The number of nitrogens with two attached hydrogens (primary N) is 3.